The molecular formula is C62H88N16O13. The molecule has 13 atom stereocenters. The lowest BCUT2D eigenvalue weighted by Crippen LogP contribution is -2.59. The molecule has 12 rings (SSSR count). The Morgan fingerprint density at radius 2 is 0.484 bits per heavy atom. The largest absolute Gasteiger partial charge is 0.368 e. The maximum atomic E-state index is 14.9. The van der Waals surface area contributed by atoms with Crippen LogP contribution in [0.2, 0.25) is 0 Å². The van der Waals surface area contributed by atoms with Gasteiger partial charge in [0.15, 0.2) is 0 Å². The minimum Gasteiger partial charge on any atom is -0.368 e. The van der Waals surface area contributed by atoms with Gasteiger partial charge in [-0.3, -0.25) is 62.3 Å². The van der Waals surface area contributed by atoms with E-state index >= 15 is 0 Å². The highest BCUT2D eigenvalue weighted by atomic mass is 16.2. The van der Waals surface area contributed by atoms with Gasteiger partial charge in [-0.25, -0.2) is 0 Å². The van der Waals surface area contributed by atoms with Crippen LogP contribution in [0.5, 0.6) is 0 Å². The van der Waals surface area contributed by atoms with Crippen LogP contribution in [0.25, 0.3) is 10.4 Å². The quantitative estimate of drug-likeness (QED) is 0.141. The van der Waals surface area contributed by atoms with Crippen molar-refractivity contribution in [2.24, 2.45) is 10.8 Å². The molecule has 494 valence electrons. The zero-order chi connectivity index (χ0) is 64.1. The third kappa shape index (κ3) is 11.7. The van der Waals surface area contributed by atoms with Gasteiger partial charge in [0.1, 0.15) is 72.5 Å². The van der Waals surface area contributed by atoms with Gasteiger partial charge in [-0.2, -0.15) is 0 Å². The average Bonchev–Trinajstić information content (AvgIpc) is 1.69. The number of nitrogens with zero attached hydrogens (tertiary/aromatic N) is 15. The van der Waals surface area contributed by atoms with Crippen molar-refractivity contribution in [2.45, 2.75) is 233 Å². The topological polar surface area (TPSA) is 336 Å². The normalized spacial score (nSPS) is 32.5. The molecule has 0 aromatic heterocycles. The first-order chi connectivity index (χ1) is 43.9. The fraction of sp³-hybridized carbons (Fsp3) is 0.790. The summed E-state index contributed by atoms with van der Waals surface area (Å²) in [5.74, 6) is -4.90. The minimum absolute atomic E-state index is 0.0149. The maximum absolute atomic E-state index is 14.9. The molecule has 0 unspecified atom stereocenters. The molecule has 12 aliphatic rings. The second-order valence-corrected chi connectivity index (χ2v) is 27.3. The molecule has 12 aliphatic heterocycles. The van der Waals surface area contributed by atoms with E-state index in [0.717, 1.165) is 0 Å². The van der Waals surface area contributed by atoms with Crippen molar-refractivity contribution >= 4 is 76.8 Å². The monoisotopic (exact) mass is 1260 g/mol. The Morgan fingerprint density at radius 3 is 0.703 bits per heavy atom. The van der Waals surface area contributed by atoms with Crippen LogP contribution in [0.3, 0.4) is 0 Å². The van der Waals surface area contributed by atoms with Gasteiger partial charge in [0.2, 0.25) is 76.8 Å². The van der Waals surface area contributed by atoms with Crippen molar-refractivity contribution < 1.29 is 62.3 Å². The number of carbonyl (C=O) groups is 13. The van der Waals surface area contributed by atoms with Crippen LogP contribution >= 0.6 is 0 Å². The van der Waals surface area contributed by atoms with E-state index < -0.39 is 108 Å². The zero-order valence-corrected chi connectivity index (χ0v) is 52.3. The van der Waals surface area contributed by atoms with Crippen LogP contribution in [0.1, 0.15) is 155 Å². The summed E-state index contributed by atoms with van der Waals surface area (Å²) in [4.78, 5) is 206. The number of rotatable bonds is 13. The highest BCUT2D eigenvalue weighted by Crippen LogP contribution is 2.37. The van der Waals surface area contributed by atoms with E-state index in [2.05, 4.69) is 10.0 Å². The molecule has 13 amide bonds. The fourth-order valence-corrected chi connectivity index (χ4v) is 17.9. The molecule has 0 aliphatic carbocycles. The highest BCUT2D eigenvalue weighted by molar-refractivity contribution is 6.01. The molecule has 29 nitrogen and oxygen atoms in total. The molecule has 12 fully saturated rings. The molecule has 12 heterocycles. The SMILES string of the molecule is CC(=O)N1CCC[C@H]1C(=O)N1CCC[C@H]1C(=O)N1CCC[C@H]1C(=O)N1CCC[C@H]1C(=O)N1CCC[C@H]1C(=O)N1CCC[C@H]1C(=O)N1CCC[C@H]1C(=O)N1CCC[C@H]1C(=O)N1CCC[C@H]1C(=O)N1C[C@H](N=[N+]=[N-])C[C@H]1C(=O)N1CCC[C@H]1C(=O)N1CCC[C@H]1C(N)=O. The first-order valence-corrected chi connectivity index (χ1v) is 33.9. The Bertz CT molecular complexity index is 3030. The van der Waals surface area contributed by atoms with Gasteiger partial charge in [0.25, 0.3) is 0 Å². The summed E-state index contributed by atoms with van der Waals surface area (Å²) in [6, 6.07) is -11.1. The van der Waals surface area contributed by atoms with Crippen molar-refractivity contribution in [3.8, 4) is 0 Å². The molecule has 0 radical (unpaired) electrons. The van der Waals surface area contributed by atoms with E-state index in [0.29, 0.717) is 168 Å². The smallest absolute Gasteiger partial charge is 0.246 e. The number of likely N-dealkylation sites (tertiary alicyclic amines) is 12. The van der Waals surface area contributed by atoms with E-state index in [1.807, 2.05) is 0 Å². The van der Waals surface area contributed by atoms with Crippen molar-refractivity contribution in [3.63, 3.8) is 0 Å². The number of amides is 13. The summed E-state index contributed by atoms with van der Waals surface area (Å²) >= 11 is 0. The van der Waals surface area contributed by atoms with Crippen molar-refractivity contribution in [2.75, 3.05) is 78.5 Å². The number of hydrogen-bond acceptors (Lipinski definition) is 14. The summed E-state index contributed by atoms with van der Waals surface area (Å²) in [7, 11) is 0. The second-order valence-electron chi connectivity index (χ2n) is 27.3. The molecule has 2 N–H and O–H groups in total. The summed E-state index contributed by atoms with van der Waals surface area (Å²) in [5.41, 5.74) is 15.1. The van der Waals surface area contributed by atoms with Crippen molar-refractivity contribution in [1.82, 2.24) is 58.8 Å². The third-order valence-electron chi connectivity index (χ3n) is 22.3. The number of primary amides is 1. The average molecular weight is 1270 g/mol. The lowest BCUT2D eigenvalue weighted by atomic mass is 10.1. The molecule has 0 bridgehead atoms. The van der Waals surface area contributed by atoms with E-state index in [4.69, 9.17) is 5.73 Å². The Kier molecular flexibility index (Phi) is 18.6. The Labute approximate surface area is 529 Å². The van der Waals surface area contributed by atoms with E-state index in [-0.39, 0.29) is 106 Å². The summed E-state index contributed by atoms with van der Waals surface area (Å²) in [6.07, 6.45) is 10.4. The zero-order valence-electron chi connectivity index (χ0n) is 52.3. The standard InChI is InChI=1S/C62H88N16O13/c1-37(79)67-24-3-14-40(67)52(81)69-26-4-16-42(69)54(83)70-27-5-17-43(70)55(84)71-28-6-18-44(71)56(85)72-29-7-19-45(72)57(86)73-30-8-20-46(73)58(87)74-31-9-21-47(74)59(88)75-32-10-22-48(75)60(89)76-33-12-23-49(76)61(90)78-36-38(65-66-64)35-50(78)62(91)77-34-11-15-41(77)53(82)68-25-2-13-39(68)51(63)80/h38-50H,2-36H2,1H3,(H2,63,80)/t38-,39+,40+,41+,42+,43+,44+,45+,46+,47+,48+,49+,50+/m1/s1. The molecule has 12 saturated heterocycles. The number of carbonyl (C=O) groups excluding carboxylic acids is 13. The summed E-state index contributed by atoms with van der Waals surface area (Å²) in [6.45, 7) is 4.75. The summed E-state index contributed by atoms with van der Waals surface area (Å²) < 4.78 is 0. The van der Waals surface area contributed by atoms with E-state index in [1.54, 1.807) is 34.3 Å². The maximum Gasteiger partial charge on any atom is 0.246 e. The Hall–Kier alpha value is -7.58. The lowest BCUT2D eigenvalue weighted by Gasteiger charge is -2.38. The molecular weight excluding hydrogens is 1180 g/mol. The van der Waals surface area contributed by atoms with Crippen molar-refractivity contribution in [1.29, 1.82) is 0 Å². The molecule has 0 saturated carbocycles. The van der Waals surface area contributed by atoms with Crippen LogP contribution in [-0.4, -0.2) is 293 Å². The molecule has 0 aromatic carbocycles. The highest BCUT2D eigenvalue weighted by Gasteiger charge is 2.54. The molecule has 0 spiro atoms. The Morgan fingerprint density at radius 1 is 0.297 bits per heavy atom. The van der Waals surface area contributed by atoms with Gasteiger partial charge in [-0.15, -0.1) is 0 Å². The minimum atomic E-state index is -1.09. The van der Waals surface area contributed by atoms with Crippen LogP contribution in [0.4, 0.5) is 0 Å². The second kappa shape index (κ2) is 26.6. The number of nitrogens with two attached hydrogens (primary N) is 1. The van der Waals surface area contributed by atoms with Crippen LogP contribution in [0.15, 0.2) is 5.11 Å². The van der Waals surface area contributed by atoms with Crippen LogP contribution < -0.4 is 5.73 Å². The van der Waals surface area contributed by atoms with Crippen LogP contribution in [0, 0.1) is 0 Å². The molecule has 91 heavy (non-hydrogen) atoms. The van der Waals surface area contributed by atoms with Crippen molar-refractivity contribution in [3.05, 3.63) is 10.4 Å². The van der Waals surface area contributed by atoms with Crippen LogP contribution in [-0.2, 0) is 62.3 Å². The van der Waals surface area contributed by atoms with E-state index in [9.17, 15) is 67.9 Å². The van der Waals surface area contributed by atoms with Gasteiger partial charge in [-0.1, -0.05) is 5.11 Å². The predicted molar refractivity (Wildman–Crippen MR) is 320 cm³/mol. The lowest BCUT2D eigenvalue weighted by molar-refractivity contribution is -0.156. The molecule has 29 heteroatoms. The first-order valence-electron chi connectivity index (χ1n) is 33.9. The van der Waals surface area contributed by atoms with Gasteiger partial charge in [0.05, 0.1) is 6.04 Å². The summed E-state index contributed by atoms with van der Waals surface area (Å²) in [5, 5.41) is 3.89. The van der Waals surface area contributed by atoms with Gasteiger partial charge < -0.3 is 64.5 Å². The first kappa shape index (κ1) is 63.6. The number of azide groups is 1. The van der Waals surface area contributed by atoms with Gasteiger partial charge >= 0.3 is 0 Å². The van der Waals surface area contributed by atoms with E-state index in [1.165, 1.54) is 31.4 Å². The van der Waals surface area contributed by atoms with Gasteiger partial charge in [-0.05, 0) is 153 Å². The third-order valence-corrected chi connectivity index (χ3v) is 22.3. The number of hydrogen-bond donors (Lipinski definition) is 1. The van der Waals surface area contributed by atoms with Gasteiger partial charge in [0, 0.05) is 90.4 Å². The Balaban J connectivity index is 0.673. The fourth-order valence-electron chi connectivity index (χ4n) is 17.9. The molecule has 0 aromatic rings. The predicted octanol–water partition coefficient (Wildman–Crippen LogP) is -0.328.